The number of aliphatic imine (C=N–C) groups is 1. The molecular weight excluding hydrogens is 271 g/mol. The summed E-state index contributed by atoms with van der Waals surface area (Å²) in [6.07, 6.45) is 0. The summed E-state index contributed by atoms with van der Waals surface area (Å²) >= 11 is 0.927. The maximum atomic E-state index is 13.7. The maximum Gasteiger partial charge on any atom is 0.266 e. The number of carbonyl (C=O) groups is 2. The van der Waals surface area contributed by atoms with Crippen LogP contribution in [0.2, 0.25) is 0 Å². The molecule has 0 saturated carbocycles. The van der Waals surface area contributed by atoms with Gasteiger partial charge in [0.15, 0.2) is 5.17 Å². The Morgan fingerprint density at radius 3 is 2.79 bits per heavy atom. The number of amidine groups is 2. The molecule has 0 saturated heterocycles. The lowest BCUT2D eigenvalue weighted by Crippen LogP contribution is -2.40. The minimum atomic E-state index is -1.31. The summed E-state index contributed by atoms with van der Waals surface area (Å²) in [5.41, 5.74) is 5.46. The second-order valence-corrected chi connectivity index (χ2v) is 4.87. The fourth-order valence-corrected chi connectivity index (χ4v) is 2.54. The van der Waals surface area contributed by atoms with Gasteiger partial charge in [0.1, 0.15) is 11.7 Å². The summed E-state index contributed by atoms with van der Waals surface area (Å²) in [5.74, 6) is -3.29. The monoisotopic (exact) mass is 278 g/mol. The van der Waals surface area contributed by atoms with Crippen molar-refractivity contribution in [2.75, 3.05) is 0 Å². The Labute approximate surface area is 111 Å². The van der Waals surface area contributed by atoms with Crippen LogP contribution in [0.4, 0.5) is 4.39 Å². The van der Waals surface area contributed by atoms with Crippen LogP contribution in [-0.4, -0.2) is 27.2 Å². The van der Waals surface area contributed by atoms with E-state index < -0.39 is 23.5 Å². The number of fused-ring (bicyclic) bond motifs is 1. The third-order valence-electron chi connectivity index (χ3n) is 2.70. The highest BCUT2D eigenvalue weighted by Crippen LogP contribution is 2.31. The summed E-state index contributed by atoms with van der Waals surface area (Å²) in [5, 5.41) is 4.94. The number of amides is 2. The SMILES string of the molecule is NC1=NN2C(=O)C(c3ccccc3F)C(=O)N=C2S1. The molecule has 1 atom stereocenters. The number of hydrazone groups is 1. The van der Waals surface area contributed by atoms with Crippen LogP contribution in [-0.2, 0) is 9.59 Å². The largest absolute Gasteiger partial charge is 0.376 e. The molecule has 2 heterocycles. The summed E-state index contributed by atoms with van der Waals surface area (Å²) in [4.78, 5) is 27.8. The van der Waals surface area contributed by atoms with E-state index in [2.05, 4.69) is 10.1 Å². The molecule has 0 spiro atoms. The average molecular weight is 278 g/mol. The molecule has 0 aromatic heterocycles. The Hall–Kier alpha value is -2.22. The zero-order valence-electron chi connectivity index (χ0n) is 9.41. The quantitative estimate of drug-likeness (QED) is 0.762. The summed E-state index contributed by atoms with van der Waals surface area (Å²) in [7, 11) is 0. The molecule has 1 aromatic rings. The molecule has 6 nitrogen and oxygen atoms in total. The number of nitrogens with zero attached hydrogens (tertiary/aromatic N) is 3. The molecule has 8 heteroatoms. The van der Waals surface area contributed by atoms with Gasteiger partial charge >= 0.3 is 0 Å². The van der Waals surface area contributed by atoms with Gasteiger partial charge in [0, 0.05) is 5.56 Å². The summed E-state index contributed by atoms with van der Waals surface area (Å²) in [6.45, 7) is 0. The Kier molecular flexibility index (Phi) is 2.59. The molecule has 2 amide bonds. The Bertz CT molecular complexity index is 658. The van der Waals surface area contributed by atoms with E-state index in [9.17, 15) is 14.0 Å². The van der Waals surface area contributed by atoms with Gasteiger partial charge in [-0.25, -0.2) is 4.39 Å². The molecule has 0 bridgehead atoms. The van der Waals surface area contributed by atoms with Gasteiger partial charge in [0.2, 0.25) is 5.17 Å². The molecule has 1 unspecified atom stereocenters. The highest BCUT2D eigenvalue weighted by molar-refractivity contribution is 8.26. The van der Waals surface area contributed by atoms with Crippen molar-refractivity contribution in [3.63, 3.8) is 0 Å². The number of carbonyl (C=O) groups excluding carboxylic acids is 2. The van der Waals surface area contributed by atoms with Crippen LogP contribution in [0.5, 0.6) is 0 Å². The number of thioether (sulfide) groups is 1. The first-order chi connectivity index (χ1) is 9.08. The molecule has 96 valence electrons. The lowest BCUT2D eigenvalue weighted by Gasteiger charge is -2.22. The van der Waals surface area contributed by atoms with Crippen molar-refractivity contribution in [1.29, 1.82) is 0 Å². The smallest absolute Gasteiger partial charge is 0.266 e. The summed E-state index contributed by atoms with van der Waals surface area (Å²) < 4.78 is 13.7. The lowest BCUT2D eigenvalue weighted by atomic mass is 9.96. The minimum Gasteiger partial charge on any atom is -0.376 e. The van der Waals surface area contributed by atoms with Crippen molar-refractivity contribution >= 4 is 33.9 Å². The van der Waals surface area contributed by atoms with Crippen LogP contribution < -0.4 is 5.73 Å². The molecule has 0 aliphatic carbocycles. The molecule has 19 heavy (non-hydrogen) atoms. The summed E-state index contributed by atoms with van der Waals surface area (Å²) in [6, 6.07) is 5.60. The van der Waals surface area contributed by atoms with E-state index >= 15 is 0 Å². The zero-order valence-corrected chi connectivity index (χ0v) is 10.2. The van der Waals surface area contributed by atoms with E-state index in [1.54, 1.807) is 6.07 Å². The van der Waals surface area contributed by atoms with Gasteiger partial charge in [-0.15, -0.1) is 5.10 Å². The van der Waals surface area contributed by atoms with Crippen molar-refractivity contribution in [2.45, 2.75) is 5.92 Å². The first kappa shape index (κ1) is 11.8. The standard InChI is InChI=1S/C11H7FN4O2S/c12-6-4-2-1-3-5(6)7-8(17)14-11-16(9(7)18)15-10(13)19-11/h1-4,7H,(H2,13,15). The van der Waals surface area contributed by atoms with E-state index in [1.165, 1.54) is 18.2 Å². The van der Waals surface area contributed by atoms with Crippen molar-refractivity contribution in [1.82, 2.24) is 5.01 Å². The van der Waals surface area contributed by atoms with E-state index in [0.29, 0.717) is 0 Å². The van der Waals surface area contributed by atoms with Crippen LogP contribution in [0.15, 0.2) is 34.4 Å². The fraction of sp³-hybridized carbons (Fsp3) is 0.0909. The second-order valence-electron chi connectivity index (χ2n) is 3.88. The maximum absolute atomic E-state index is 13.7. The molecule has 1 aromatic carbocycles. The first-order valence-corrected chi connectivity index (χ1v) is 6.12. The Morgan fingerprint density at radius 2 is 2.05 bits per heavy atom. The highest BCUT2D eigenvalue weighted by atomic mass is 32.2. The Balaban J connectivity index is 2.07. The first-order valence-electron chi connectivity index (χ1n) is 5.31. The molecule has 2 aliphatic rings. The van der Waals surface area contributed by atoms with E-state index in [0.717, 1.165) is 16.8 Å². The molecule has 2 N–H and O–H groups in total. The second kappa shape index (κ2) is 4.16. The van der Waals surface area contributed by atoms with Crippen LogP contribution in [0.3, 0.4) is 0 Å². The van der Waals surface area contributed by atoms with E-state index in [4.69, 9.17) is 5.73 Å². The number of nitrogens with two attached hydrogens (primary N) is 1. The number of hydrogen-bond acceptors (Lipinski definition) is 5. The average Bonchev–Trinajstić information content (AvgIpc) is 2.72. The van der Waals surface area contributed by atoms with Gasteiger partial charge in [-0.05, 0) is 17.8 Å². The van der Waals surface area contributed by atoms with Crippen LogP contribution >= 0.6 is 11.8 Å². The van der Waals surface area contributed by atoms with Crippen LogP contribution in [0.25, 0.3) is 0 Å². The van der Waals surface area contributed by atoms with Crippen molar-refractivity contribution < 1.29 is 14.0 Å². The topological polar surface area (TPSA) is 88.1 Å². The van der Waals surface area contributed by atoms with E-state index in [-0.39, 0.29) is 15.9 Å². The molecule has 0 radical (unpaired) electrons. The number of hydrogen-bond donors (Lipinski definition) is 1. The Morgan fingerprint density at radius 1 is 1.32 bits per heavy atom. The fourth-order valence-electron chi connectivity index (χ4n) is 1.87. The third kappa shape index (κ3) is 1.80. The molecule has 3 rings (SSSR count). The van der Waals surface area contributed by atoms with Crippen molar-refractivity contribution in [3.8, 4) is 0 Å². The molecule has 0 fully saturated rings. The van der Waals surface area contributed by atoms with Gasteiger partial charge in [-0.1, -0.05) is 18.2 Å². The minimum absolute atomic E-state index is 0.00836. The molecular formula is C11H7FN4O2S. The van der Waals surface area contributed by atoms with Gasteiger partial charge in [-0.2, -0.15) is 10.0 Å². The van der Waals surface area contributed by atoms with Gasteiger partial charge < -0.3 is 5.73 Å². The van der Waals surface area contributed by atoms with Crippen LogP contribution in [0.1, 0.15) is 11.5 Å². The van der Waals surface area contributed by atoms with Gasteiger partial charge in [0.05, 0.1) is 0 Å². The third-order valence-corrected chi connectivity index (χ3v) is 3.44. The lowest BCUT2D eigenvalue weighted by molar-refractivity contribution is -0.135. The van der Waals surface area contributed by atoms with Crippen molar-refractivity contribution in [3.05, 3.63) is 35.6 Å². The number of halogens is 1. The van der Waals surface area contributed by atoms with E-state index in [1.807, 2.05) is 0 Å². The van der Waals surface area contributed by atoms with Crippen molar-refractivity contribution in [2.24, 2.45) is 15.8 Å². The number of benzene rings is 1. The van der Waals surface area contributed by atoms with Gasteiger partial charge in [-0.3, -0.25) is 9.59 Å². The number of rotatable bonds is 1. The predicted molar refractivity (Wildman–Crippen MR) is 67.6 cm³/mol. The van der Waals surface area contributed by atoms with Gasteiger partial charge in [0.25, 0.3) is 11.8 Å². The predicted octanol–water partition coefficient (Wildman–Crippen LogP) is 0.611. The molecule has 2 aliphatic heterocycles. The van der Waals surface area contributed by atoms with Crippen LogP contribution in [0, 0.1) is 5.82 Å². The normalized spacial score (nSPS) is 22.2. The highest BCUT2D eigenvalue weighted by Gasteiger charge is 2.43. The zero-order chi connectivity index (χ0) is 13.6.